The van der Waals surface area contributed by atoms with Crippen LogP contribution in [0.1, 0.15) is 11.3 Å². The molecule has 2 aromatic heterocycles. The number of thioether (sulfide) groups is 1. The first kappa shape index (κ1) is 23.9. The number of nitrogen functional groups attached to an aromatic ring is 1. The number of nitrogens with zero attached hydrogens (tertiary/aromatic N) is 4. The predicted octanol–water partition coefficient (Wildman–Crippen LogP) is -1.59. The molecular weight excluding hydrogens is 506 g/mol. The molecule has 0 unspecified atom stereocenters. The average molecular weight is 524 g/mol. The maximum absolute atomic E-state index is 12.8. The molecule has 1 saturated heterocycles. The first-order valence-corrected chi connectivity index (χ1v) is 12.0. The van der Waals surface area contributed by atoms with E-state index < -0.39 is 34.9 Å². The number of pyridine rings is 1. The first-order valence-electron chi connectivity index (χ1n) is 9.76. The number of carboxylic acid groups (broad SMARTS) is 1. The lowest BCUT2D eigenvalue weighted by molar-refractivity contribution is -0.689. The van der Waals surface area contributed by atoms with Crippen LogP contribution in [0.15, 0.2) is 41.0 Å². The van der Waals surface area contributed by atoms with Crippen LogP contribution in [0.2, 0.25) is 4.34 Å². The van der Waals surface area contributed by atoms with Crippen molar-refractivity contribution in [3.63, 3.8) is 0 Å². The van der Waals surface area contributed by atoms with Crippen molar-refractivity contribution < 1.29 is 29.3 Å². The summed E-state index contributed by atoms with van der Waals surface area (Å²) in [6.45, 7) is 0.616. The minimum absolute atomic E-state index is 0.0397. The summed E-state index contributed by atoms with van der Waals surface area (Å²) < 4.78 is 1.81. The van der Waals surface area contributed by atoms with E-state index in [0.29, 0.717) is 17.9 Å². The Balaban J connectivity index is 1.52. The standard InChI is InChI=1S/C19H18ClN7O5S2/c20-14-10(24-19(22)34-14)11(25-32)15(28)23-12-16(29)27-13(18(30)31)9(7-33-17(12)27)6-26-3-1-8(5-21)2-4-26/h1-4,12,17H,5-7,21H2,(H4-,22,23,24,28,30,31,32)/t12-,17-/m1/s1. The molecule has 2 amide bonds. The molecule has 0 saturated carbocycles. The van der Waals surface area contributed by atoms with Gasteiger partial charge >= 0.3 is 0 Å². The zero-order valence-corrected chi connectivity index (χ0v) is 19.7. The molecule has 2 atom stereocenters. The van der Waals surface area contributed by atoms with E-state index in [4.69, 9.17) is 23.1 Å². The van der Waals surface area contributed by atoms with E-state index in [9.17, 15) is 24.7 Å². The summed E-state index contributed by atoms with van der Waals surface area (Å²) in [4.78, 5) is 42.4. The van der Waals surface area contributed by atoms with Gasteiger partial charge in [0.2, 0.25) is 0 Å². The fraction of sp³-hybridized carbons (Fsp3) is 0.263. The Labute approximate surface area is 205 Å². The number of hydrogen-bond donors (Lipinski definition) is 4. The van der Waals surface area contributed by atoms with E-state index in [-0.39, 0.29) is 27.4 Å². The zero-order chi connectivity index (χ0) is 24.6. The Kier molecular flexibility index (Phi) is 6.74. The Hall–Kier alpha value is -3.20. The van der Waals surface area contributed by atoms with Crippen molar-refractivity contribution in [3.05, 3.63) is 51.4 Å². The van der Waals surface area contributed by atoms with Gasteiger partial charge in [-0.3, -0.25) is 14.5 Å². The minimum atomic E-state index is -1.49. The number of nitrogens with one attached hydrogen (secondary N) is 1. The number of oxime groups is 1. The van der Waals surface area contributed by atoms with E-state index in [1.807, 2.05) is 12.1 Å². The van der Waals surface area contributed by atoms with Gasteiger partial charge in [-0.05, 0) is 5.56 Å². The maximum Gasteiger partial charge on any atom is 0.276 e. The molecule has 0 radical (unpaired) electrons. The minimum Gasteiger partial charge on any atom is -0.543 e. The van der Waals surface area contributed by atoms with Crippen molar-refractivity contribution in [3.8, 4) is 0 Å². The van der Waals surface area contributed by atoms with Crippen molar-refractivity contribution >= 4 is 63.3 Å². The Bertz CT molecular complexity index is 1230. The molecule has 4 heterocycles. The quantitative estimate of drug-likeness (QED) is 0.109. The number of halogens is 1. The largest absolute Gasteiger partial charge is 0.543 e. The summed E-state index contributed by atoms with van der Waals surface area (Å²) in [7, 11) is 0. The van der Waals surface area contributed by atoms with Crippen LogP contribution in [-0.2, 0) is 27.5 Å². The SMILES string of the molecule is NCc1cc[n+](CC2=C(C(=O)[O-])N3C(=O)[C@@H](NC(=O)/C(=N/O)c4nc(N)sc4Cl)[C@H]3SC2)cc1. The number of thiazole rings is 1. The molecular formula is C19H18ClN7O5S2. The number of anilines is 1. The highest BCUT2D eigenvalue weighted by Crippen LogP contribution is 2.40. The third kappa shape index (κ3) is 4.32. The first-order chi connectivity index (χ1) is 16.2. The molecule has 0 bridgehead atoms. The number of nitrogens with two attached hydrogens (primary N) is 2. The monoisotopic (exact) mass is 523 g/mol. The van der Waals surface area contributed by atoms with Crippen LogP contribution in [0.3, 0.4) is 0 Å². The fourth-order valence-electron chi connectivity index (χ4n) is 3.62. The molecule has 34 heavy (non-hydrogen) atoms. The molecule has 15 heteroatoms. The van der Waals surface area contributed by atoms with Crippen LogP contribution in [0, 0.1) is 0 Å². The highest BCUT2D eigenvalue weighted by Gasteiger charge is 2.53. The van der Waals surface area contributed by atoms with Gasteiger partial charge in [-0.25, -0.2) is 9.55 Å². The Morgan fingerprint density at radius 1 is 1.41 bits per heavy atom. The van der Waals surface area contributed by atoms with Crippen LogP contribution in [-0.4, -0.2) is 55.8 Å². The van der Waals surface area contributed by atoms with E-state index in [0.717, 1.165) is 21.8 Å². The van der Waals surface area contributed by atoms with Gasteiger partial charge in [-0.15, -0.1) is 11.8 Å². The molecule has 0 aromatic carbocycles. The Morgan fingerprint density at radius 3 is 2.68 bits per heavy atom. The summed E-state index contributed by atoms with van der Waals surface area (Å²) in [5, 5.41) is 26.0. The van der Waals surface area contributed by atoms with E-state index in [1.54, 1.807) is 17.0 Å². The van der Waals surface area contributed by atoms with E-state index in [1.165, 1.54) is 11.8 Å². The molecule has 2 aliphatic rings. The van der Waals surface area contributed by atoms with Crippen molar-refractivity contribution in [2.75, 3.05) is 11.5 Å². The lowest BCUT2D eigenvalue weighted by atomic mass is 10.0. The number of carbonyl (C=O) groups excluding carboxylic acids is 3. The summed E-state index contributed by atoms with van der Waals surface area (Å²) >= 11 is 8.16. The Morgan fingerprint density at radius 2 is 2.12 bits per heavy atom. The lowest BCUT2D eigenvalue weighted by Crippen LogP contribution is -2.71. The van der Waals surface area contributed by atoms with Gasteiger partial charge in [0.1, 0.15) is 21.4 Å². The maximum atomic E-state index is 12.8. The van der Waals surface area contributed by atoms with Crippen LogP contribution < -0.4 is 26.5 Å². The number of amides is 2. The second kappa shape index (κ2) is 9.58. The molecule has 178 valence electrons. The number of rotatable bonds is 7. The van der Waals surface area contributed by atoms with Crippen molar-refractivity contribution in [2.45, 2.75) is 24.5 Å². The number of fused-ring (bicyclic) bond motifs is 1. The third-order valence-electron chi connectivity index (χ3n) is 5.24. The lowest BCUT2D eigenvalue weighted by Gasteiger charge is -2.50. The average Bonchev–Trinajstić information content (AvgIpc) is 3.15. The topological polar surface area (TPSA) is 191 Å². The summed E-state index contributed by atoms with van der Waals surface area (Å²) in [6.07, 6.45) is 3.54. The number of aromatic nitrogens is 2. The number of aliphatic carboxylic acids is 1. The molecule has 6 N–H and O–H groups in total. The third-order valence-corrected chi connectivity index (χ3v) is 7.66. The number of β-lactam (4-membered cyclic amide) rings is 1. The van der Waals surface area contributed by atoms with Gasteiger partial charge in [0.05, 0.1) is 11.7 Å². The van der Waals surface area contributed by atoms with Gasteiger partial charge < -0.3 is 31.9 Å². The molecule has 4 rings (SSSR count). The van der Waals surface area contributed by atoms with Gasteiger partial charge in [0, 0.05) is 30.0 Å². The van der Waals surface area contributed by atoms with Crippen molar-refractivity contribution in [1.82, 2.24) is 15.2 Å². The second-order valence-corrected chi connectivity index (χ2v) is 10.0. The molecule has 0 aliphatic carbocycles. The van der Waals surface area contributed by atoms with Gasteiger partial charge in [-0.1, -0.05) is 28.1 Å². The number of carbonyl (C=O) groups is 3. The highest BCUT2D eigenvalue weighted by atomic mass is 35.5. The molecule has 1 fully saturated rings. The highest BCUT2D eigenvalue weighted by molar-refractivity contribution is 8.00. The summed E-state index contributed by atoms with van der Waals surface area (Å²) in [6, 6.07) is 2.60. The van der Waals surface area contributed by atoms with Crippen LogP contribution in [0.25, 0.3) is 0 Å². The fourth-order valence-corrected chi connectivity index (χ4v) is 5.88. The second-order valence-electron chi connectivity index (χ2n) is 7.31. The molecule has 12 nitrogen and oxygen atoms in total. The van der Waals surface area contributed by atoms with Gasteiger partial charge in [-0.2, -0.15) is 0 Å². The van der Waals surface area contributed by atoms with E-state index in [2.05, 4.69) is 15.5 Å². The normalized spacial score (nSPS) is 20.1. The zero-order valence-electron chi connectivity index (χ0n) is 17.3. The van der Waals surface area contributed by atoms with Crippen LogP contribution >= 0.6 is 34.7 Å². The van der Waals surface area contributed by atoms with E-state index >= 15 is 0 Å². The predicted molar refractivity (Wildman–Crippen MR) is 121 cm³/mol. The van der Waals surface area contributed by atoms with Crippen molar-refractivity contribution in [2.24, 2.45) is 10.9 Å². The molecule has 0 spiro atoms. The number of carboxylic acids is 1. The van der Waals surface area contributed by atoms with Crippen LogP contribution in [0.5, 0.6) is 0 Å². The van der Waals surface area contributed by atoms with Gasteiger partial charge in [0.15, 0.2) is 29.8 Å². The van der Waals surface area contributed by atoms with Gasteiger partial charge in [0.25, 0.3) is 11.8 Å². The van der Waals surface area contributed by atoms with Crippen LogP contribution in [0.4, 0.5) is 5.13 Å². The smallest absolute Gasteiger partial charge is 0.276 e. The van der Waals surface area contributed by atoms with Crippen molar-refractivity contribution in [1.29, 1.82) is 0 Å². The molecule has 2 aromatic rings. The summed E-state index contributed by atoms with van der Waals surface area (Å²) in [5.74, 6) is -2.73. The number of hydrogen-bond acceptors (Lipinski definition) is 11. The molecule has 2 aliphatic heterocycles. The summed E-state index contributed by atoms with van der Waals surface area (Å²) in [5.41, 5.74) is 11.7.